The highest BCUT2D eigenvalue weighted by atomic mass is 16.5. The van der Waals surface area contributed by atoms with Crippen molar-refractivity contribution in [3.05, 3.63) is 24.5 Å². The minimum absolute atomic E-state index is 0.0417. The molecule has 0 aromatic heterocycles. The first-order valence-corrected chi connectivity index (χ1v) is 11.1. The molecule has 0 N–H and O–H groups in total. The van der Waals surface area contributed by atoms with Crippen LogP contribution in [0.25, 0.3) is 0 Å². The minimum Gasteiger partial charge on any atom is -0.431 e. The fourth-order valence-electron chi connectivity index (χ4n) is 3.77. The van der Waals surface area contributed by atoms with Gasteiger partial charge in [-0.25, -0.2) is 0 Å². The Labute approximate surface area is 166 Å². The van der Waals surface area contributed by atoms with Crippen LogP contribution in [0.15, 0.2) is 24.5 Å². The second-order valence-electron chi connectivity index (χ2n) is 8.07. The topological polar surface area (TPSA) is 43.4 Å². The van der Waals surface area contributed by atoms with Crippen LogP contribution >= 0.6 is 0 Å². The van der Waals surface area contributed by atoms with Crippen LogP contribution in [-0.4, -0.2) is 11.8 Å². The summed E-state index contributed by atoms with van der Waals surface area (Å²) in [4.78, 5) is 23.1. The predicted molar refractivity (Wildman–Crippen MR) is 112 cm³/mol. The number of rotatable bonds is 16. The van der Waals surface area contributed by atoms with Gasteiger partial charge in [0.2, 0.25) is 0 Å². The summed E-state index contributed by atoms with van der Waals surface area (Å²) in [5.74, 6) is 1.06. The third kappa shape index (κ3) is 11.1. The van der Waals surface area contributed by atoms with E-state index in [1.54, 1.807) is 6.92 Å². The Morgan fingerprint density at radius 2 is 1.78 bits per heavy atom. The molecule has 1 fully saturated rings. The lowest BCUT2D eigenvalue weighted by atomic mass is 9.85. The van der Waals surface area contributed by atoms with Gasteiger partial charge in [-0.3, -0.25) is 4.79 Å². The zero-order chi connectivity index (χ0) is 19.9. The molecule has 154 valence electrons. The largest absolute Gasteiger partial charge is 0.431 e. The Morgan fingerprint density at radius 1 is 1.11 bits per heavy atom. The van der Waals surface area contributed by atoms with Gasteiger partial charge in [0, 0.05) is 12.8 Å². The van der Waals surface area contributed by atoms with Crippen LogP contribution < -0.4 is 0 Å². The summed E-state index contributed by atoms with van der Waals surface area (Å²) in [5, 5.41) is 0. The van der Waals surface area contributed by atoms with Gasteiger partial charge >= 0.3 is 5.97 Å². The van der Waals surface area contributed by atoms with E-state index in [2.05, 4.69) is 25.7 Å². The van der Waals surface area contributed by atoms with E-state index in [1.807, 2.05) is 0 Å². The van der Waals surface area contributed by atoms with Crippen LogP contribution in [-0.2, 0) is 14.3 Å². The molecule has 3 nitrogen and oxygen atoms in total. The molecular formula is C24H40O3. The molecule has 2 atom stereocenters. The normalized spacial score (nSPS) is 18.2. The second-order valence-corrected chi connectivity index (χ2v) is 8.07. The van der Waals surface area contributed by atoms with Crippen LogP contribution in [0.3, 0.4) is 0 Å². The van der Waals surface area contributed by atoms with Crippen molar-refractivity contribution in [1.29, 1.82) is 0 Å². The smallest absolute Gasteiger partial charge is 0.315 e. The number of carbonyl (C=O) groups excluding carboxylic acids is 2. The molecule has 0 aliphatic carbocycles. The molecule has 0 spiro atoms. The lowest BCUT2D eigenvalue weighted by molar-refractivity contribution is -0.140. The van der Waals surface area contributed by atoms with Crippen molar-refractivity contribution >= 4 is 11.8 Å². The zero-order valence-corrected chi connectivity index (χ0v) is 17.6. The van der Waals surface area contributed by atoms with Gasteiger partial charge in [0.05, 0.1) is 5.92 Å². The average Bonchev–Trinajstić information content (AvgIpc) is 2.96. The van der Waals surface area contributed by atoms with E-state index in [-0.39, 0.29) is 23.6 Å². The van der Waals surface area contributed by atoms with Crippen LogP contribution in [0.4, 0.5) is 0 Å². The highest BCUT2D eigenvalue weighted by Gasteiger charge is 2.34. The summed E-state index contributed by atoms with van der Waals surface area (Å²) in [6.45, 7) is 7.73. The quantitative estimate of drug-likeness (QED) is 0.167. The third-order valence-electron chi connectivity index (χ3n) is 5.44. The molecule has 1 aliphatic rings. The van der Waals surface area contributed by atoms with Gasteiger partial charge in [-0.15, -0.1) is 0 Å². The van der Waals surface area contributed by atoms with E-state index < -0.39 is 0 Å². The zero-order valence-electron chi connectivity index (χ0n) is 17.6. The molecule has 0 amide bonds. The van der Waals surface area contributed by atoms with Crippen molar-refractivity contribution in [1.82, 2.24) is 0 Å². The number of Topliss-reactive ketones (excluding diaryl/α,β-unsaturated/α-hetero) is 1. The summed E-state index contributed by atoms with van der Waals surface area (Å²) in [6.07, 6.45) is 20.1. The number of carbonyl (C=O) groups is 2. The molecule has 0 bridgehead atoms. The molecule has 0 radical (unpaired) electrons. The fourth-order valence-corrected chi connectivity index (χ4v) is 3.77. The number of allylic oxidation sites excluding steroid dienone is 3. The molecule has 1 rings (SSSR count). The summed E-state index contributed by atoms with van der Waals surface area (Å²) in [6, 6.07) is 0. The maximum atomic E-state index is 12.1. The number of hydrogen-bond donors (Lipinski definition) is 0. The molecule has 2 unspecified atom stereocenters. The maximum Gasteiger partial charge on any atom is 0.315 e. The van der Waals surface area contributed by atoms with Crippen molar-refractivity contribution in [2.75, 3.05) is 0 Å². The Bertz CT molecular complexity index is 478. The Morgan fingerprint density at radius 3 is 2.44 bits per heavy atom. The predicted octanol–water partition coefficient (Wildman–Crippen LogP) is 6.92. The highest BCUT2D eigenvalue weighted by Crippen LogP contribution is 2.33. The van der Waals surface area contributed by atoms with Gasteiger partial charge in [0.25, 0.3) is 0 Å². The number of hydrogen-bond acceptors (Lipinski definition) is 3. The molecule has 0 saturated carbocycles. The lowest BCUT2D eigenvalue weighted by Gasteiger charge is -2.17. The Balaban J connectivity index is 2.33. The van der Waals surface area contributed by atoms with E-state index in [9.17, 15) is 9.59 Å². The Hall–Kier alpha value is -1.38. The summed E-state index contributed by atoms with van der Waals surface area (Å²) in [5.41, 5.74) is 0. The molecule has 3 heteroatoms. The van der Waals surface area contributed by atoms with Gasteiger partial charge in [0.1, 0.15) is 11.5 Å². The average molecular weight is 377 g/mol. The standard InChI is InChI=1S/C24H40O3/c1-4-5-6-7-11-14-17-22(23-19-21(3)27-24(23)26)18-15-12-9-8-10-13-16-20(2)25/h15,18,22-23H,3-14,16-17,19H2,1-2H3/b18-15+. The summed E-state index contributed by atoms with van der Waals surface area (Å²) < 4.78 is 5.21. The number of esters is 1. The van der Waals surface area contributed by atoms with Crippen molar-refractivity contribution in [3.63, 3.8) is 0 Å². The lowest BCUT2D eigenvalue weighted by Crippen LogP contribution is -2.18. The molecular weight excluding hydrogens is 336 g/mol. The van der Waals surface area contributed by atoms with Gasteiger partial charge in [0.15, 0.2) is 0 Å². The van der Waals surface area contributed by atoms with E-state index in [1.165, 1.54) is 44.9 Å². The van der Waals surface area contributed by atoms with Crippen molar-refractivity contribution in [2.24, 2.45) is 11.8 Å². The maximum absolute atomic E-state index is 12.1. The molecule has 1 aliphatic heterocycles. The minimum atomic E-state index is -0.0927. The van der Waals surface area contributed by atoms with Crippen molar-refractivity contribution in [2.45, 2.75) is 104 Å². The van der Waals surface area contributed by atoms with Crippen LogP contribution in [0.5, 0.6) is 0 Å². The van der Waals surface area contributed by atoms with E-state index in [0.29, 0.717) is 18.6 Å². The third-order valence-corrected chi connectivity index (χ3v) is 5.44. The van der Waals surface area contributed by atoms with E-state index in [4.69, 9.17) is 4.74 Å². The van der Waals surface area contributed by atoms with E-state index >= 15 is 0 Å². The monoisotopic (exact) mass is 376 g/mol. The van der Waals surface area contributed by atoms with Crippen molar-refractivity contribution < 1.29 is 14.3 Å². The molecule has 1 saturated heterocycles. The van der Waals surface area contributed by atoms with Gasteiger partial charge in [-0.05, 0) is 38.5 Å². The summed E-state index contributed by atoms with van der Waals surface area (Å²) >= 11 is 0. The van der Waals surface area contributed by atoms with E-state index in [0.717, 1.165) is 32.1 Å². The summed E-state index contributed by atoms with van der Waals surface area (Å²) in [7, 11) is 0. The van der Waals surface area contributed by atoms with Gasteiger partial charge in [-0.2, -0.15) is 0 Å². The number of cyclic esters (lactones) is 1. The number of ether oxygens (including phenoxy) is 1. The fraction of sp³-hybridized carbons (Fsp3) is 0.750. The van der Waals surface area contributed by atoms with Crippen LogP contribution in [0.2, 0.25) is 0 Å². The first-order valence-electron chi connectivity index (χ1n) is 11.1. The van der Waals surface area contributed by atoms with Gasteiger partial charge in [-0.1, -0.05) is 77.0 Å². The second kappa shape index (κ2) is 14.6. The molecule has 0 aromatic carbocycles. The Kier molecular flexibility index (Phi) is 12.8. The van der Waals surface area contributed by atoms with Gasteiger partial charge < -0.3 is 9.53 Å². The first-order chi connectivity index (χ1) is 13.0. The number of ketones is 1. The molecule has 0 aromatic rings. The van der Waals surface area contributed by atoms with Crippen LogP contribution in [0, 0.1) is 11.8 Å². The first kappa shape index (κ1) is 23.7. The highest BCUT2D eigenvalue weighted by molar-refractivity contribution is 5.77. The molecule has 27 heavy (non-hydrogen) atoms. The van der Waals surface area contributed by atoms with Crippen LogP contribution in [0.1, 0.15) is 104 Å². The molecule has 1 heterocycles. The van der Waals surface area contributed by atoms with Crippen molar-refractivity contribution in [3.8, 4) is 0 Å². The number of unbranched alkanes of at least 4 members (excludes halogenated alkanes) is 9. The SMILES string of the molecule is C=C1CC(C(/C=C/CCCCCCC(C)=O)CCCCCCCC)C(=O)O1.